The molecule has 0 saturated heterocycles. The Hall–Kier alpha value is -0.160. The fraction of sp³-hybridized carbons (Fsp3) is 0.917. The van der Waals surface area contributed by atoms with E-state index in [9.17, 15) is 5.26 Å². The van der Waals surface area contributed by atoms with Gasteiger partial charge in [0.15, 0.2) is 0 Å². The van der Waals surface area contributed by atoms with Crippen molar-refractivity contribution < 1.29 is 0 Å². The van der Waals surface area contributed by atoms with Crippen molar-refractivity contribution in [2.45, 2.75) is 62.9 Å². The minimum atomic E-state index is -0.0536. The zero-order valence-corrected chi connectivity index (χ0v) is 10.4. The largest absolute Gasteiger partial charge is 0.197 e. The highest BCUT2D eigenvalue weighted by Crippen LogP contribution is 2.43. The van der Waals surface area contributed by atoms with Crippen LogP contribution in [0.15, 0.2) is 0 Å². The van der Waals surface area contributed by atoms with Gasteiger partial charge in [-0.3, -0.25) is 0 Å². The molecule has 0 aromatic heterocycles. The van der Waals surface area contributed by atoms with Gasteiger partial charge in [-0.2, -0.15) is 5.26 Å². The molecule has 0 aromatic rings. The highest BCUT2D eigenvalue weighted by atomic mass is 32.2. The van der Waals surface area contributed by atoms with E-state index >= 15 is 0 Å². The molecule has 0 radical (unpaired) electrons. The molecule has 1 fully saturated rings. The normalized spacial score (nSPS) is 34.9. The van der Waals surface area contributed by atoms with Crippen molar-refractivity contribution in [1.82, 2.24) is 0 Å². The lowest BCUT2D eigenvalue weighted by Gasteiger charge is -2.34. The number of hydrogen-bond donors (Lipinski definition) is 0. The van der Waals surface area contributed by atoms with Crippen LogP contribution in [0.2, 0.25) is 0 Å². The summed E-state index contributed by atoms with van der Waals surface area (Å²) < 4.78 is -0.0536. The predicted octanol–water partition coefficient (Wildman–Crippen LogP) is 3.99. The predicted molar refractivity (Wildman–Crippen MR) is 63.3 cm³/mol. The Bertz CT molecular complexity index is 211. The summed E-state index contributed by atoms with van der Waals surface area (Å²) in [6, 6.07) is 2.57. The van der Waals surface area contributed by atoms with Gasteiger partial charge in [0.25, 0.3) is 0 Å². The molecule has 1 unspecified atom stereocenters. The number of hydrogen-bond acceptors (Lipinski definition) is 2. The molecule has 0 spiro atoms. The van der Waals surface area contributed by atoms with Crippen molar-refractivity contribution in [3.05, 3.63) is 0 Å². The lowest BCUT2D eigenvalue weighted by atomic mass is 9.83. The molecule has 1 aliphatic carbocycles. The standard InChI is InChI=1S/C12H21NS/c1-4-11(3)14-12(9-13)7-5-10(2)6-8-12/h10-11H,4-8H2,1-3H3. The molecule has 1 nitrogen and oxygen atoms in total. The van der Waals surface area contributed by atoms with E-state index < -0.39 is 0 Å². The van der Waals surface area contributed by atoms with E-state index in [1.165, 1.54) is 19.3 Å². The Balaban J connectivity index is 2.55. The van der Waals surface area contributed by atoms with Gasteiger partial charge in [-0.05, 0) is 38.0 Å². The van der Waals surface area contributed by atoms with Crippen molar-refractivity contribution in [2.24, 2.45) is 5.92 Å². The SMILES string of the molecule is CCC(C)SC1(C#N)CCC(C)CC1. The van der Waals surface area contributed by atoms with Gasteiger partial charge in [-0.1, -0.05) is 20.8 Å². The van der Waals surface area contributed by atoms with Gasteiger partial charge in [0, 0.05) is 5.25 Å². The van der Waals surface area contributed by atoms with Crippen LogP contribution in [0.4, 0.5) is 0 Å². The molecule has 0 amide bonds. The second kappa shape index (κ2) is 5.07. The van der Waals surface area contributed by atoms with Gasteiger partial charge in [0.05, 0.1) is 6.07 Å². The average molecular weight is 211 g/mol. The first-order valence-corrected chi connectivity index (χ1v) is 6.59. The zero-order valence-electron chi connectivity index (χ0n) is 9.55. The summed E-state index contributed by atoms with van der Waals surface area (Å²) in [7, 11) is 0. The third-order valence-electron chi connectivity index (χ3n) is 3.29. The molecule has 1 saturated carbocycles. The fourth-order valence-electron chi connectivity index (χ4n) is 1.95. The fourth-order valence-corrected chi connectivity index (χ4v) is 3.41. The third kappa shape index (κ3) is 2.92. The summed E-state index contributed by atoms with van der Waals surface area (Å²) in [6.07, 6.45) is 5.83. The Morgan fingerprint density at radius 1 is 1.50 bits per heavy atom. The van der Waals surface area contributed by atoms with Crippen molar-refractivity contribution >= 4 is 11.8 Å². The summed E-state index contributed by atoms with van der Waals surface area (Å²) >= 11 is 1.91. The van der Waals surface area contributed by atoms with E-state index in [-0.39, 0.29) is 4.75 Å². The molecular weight excluding hydrogens is 190 g/mol. The number of nitriles is 1. The third-order valence-corrected chi connectivity index (χ3v) is 4.97. The first-order chi connectivity index (χ1) is 6.62. The first-order valence-electron chi connectivity index (χ1n) is 5.71. The summed E-state index contributed by atoms with van der Waals surface area (Å²) in [4.78, 5) is 0. The Kier molecular flexibility index (Phi) is 4.31. The van der Waals surface area contributed by atoms with Gasteiger partial charge in [0.2, 0.25) is 0 Å². The molecule has 1 atom stereocenters. The molecule has 2 heteroatoms. The lowest BCUT2D eigenvalue weighted by molar-refractivity contribution is 0.357. The smallest absolute Gasteiger partial charge is 0.103 e. The molecule has 1 aliphatic rings. The lowest BCUT2D eigenvalue weighted by Crippen LogP contribution is -2.30. The van der Waals surface area contributed by atoms with Gasteiger partial charge in [-0.15, -0.1) is 11.8 Å². The number of nitrogens with zero attached hydrogens (tertiary/aromatic N) is 1. The van der Waals surface area contributed by atoms with Crippen molar-refractivity contribution in [3.8, 4) is 6.07 Å². The van der Waals surface area contributed by atoms with Crippen LogP contribution in [-0.4, -0.2) is 10.00 Å². The van der Waals surface area contributed by atoms with Crippen LogP contribution in [0, 0.1) is 17.2 Å². The van der Waals surface area contributed by atoms with E-state index in [1.54, 1.807) is 0 Å². The number of rotatable bonds is 3. The topological polar surface area (TPSA) is 23.8 Å². The van der Waals surface area contributed by atoms with E-state index in [2.05, 4.69) is 26.8 Å². The van der Waals surface area contributed by atoms with E-state index in [4.69, 9.17) is 0 Å². The van der Waals surface area contributed by atoms with Gasteiger partial charge >= 0.3 is 0 Å². The maximum absolute atomic E-state index is 9.30. The monoisotopic (exact) mass is 211 g/mol. The second-order valence-corrected chi connectivity index (χ2v) is 6.45. The van der Waals surface area contributed by atoms with E-state index in [1.807, 2.05) is 11.8 Å². The van der Waals surface area contributed by atoms with Crippen molar-refractivity contribution in [2.75, 3.05) is 0 Å². The van der Waals surface area contributed by atoms with Crippen LogP contribution in [0.5, 0.6) is 0 Å². The summed E-state index contributed by atoms with van der Waals surface area (Å²) in [5.41, 5.74) is 0. The zero-order chi connectivity index (χ0) is 10.6. The van der Waals surface area contributed by atoms with Crippen LogP contribution >= 0.6 is 11.8 Å². The van der Waals surface area contributed by atoms with E-state index in [0.717, 1.165) is 18.8 Å². The molecule has 80 valence electrons. The highest BCUT2D eigenvalue weighted by molar-refractivity contribution is 8.01. The highest BCUT2D eigenvalue weighted by Gasteiger charge is 2.35. The van der Waals surface area contributed by atoms with Gasteiger partial charge in [0.1, 0.15) is 4.75 Å². The van der Waals surface area contributed by atoms with E-state index in [0.29, 0.717) is 5.25 Å². The van der Waals surface area contributed by atoms with Crippen LogP contribution in [0.3, 0.4) is 0 Å². The Morgan fingerprint density at radius 2 is 2.07 bits per heavy atom. The van der Waals surface area contributed by atoms with Crippen LogP contribution in [-0.2, 0) is 0 Å². The molecule has 0 aliphatic heterocycles. The molecule has 0 aromatic carbocycles. The molecular formula is C12H21NS. The maximum atomic E-state index is 9.30. The molecule has 1 rings (SSSR count). The maximum Gasteiger partial charge on any atom is 0.103 e. The molecule has 0 N–H and O–H groups in total. The minimum Gasteiger partial charge on any atom is -0.197 e. The van der Waals surface area contributed by atoms with Gasteiger partial charge in [-0.25, -0.2) is 0 Å². The van der Waals surface area contributed by atoms with Gasteiger partial charge < -0.3 is 0 Å². The summed E-state index contributed by atoms with van der Waals surface area (Å²) in [5.74, 6) is 0.828. The second-order valence-electron chi connectivity index (χ2n) is 4.63. The van der Waals surface area contributed by atoms with Crippen molar-refractivity contribution in [1.29, 1.82) is 5.26 Å². The molecule has 0 bridgehead atoms. The quantitative estimate of drug-likeness (QED) is 0.704. The molecule has 14 heavy (non-hydrogen) atoms. The molecule has 0 heterocycles. The summed E-state index contributed by atoms with van der Waals surface area (Å²) in [5, 5.41) is 9.93. The summed E-state index contributed by atoms with van der Waals surface area (Å²) in [6.45, 7) is 6.74. The van der Waals surface area contributed by atoms with Crippen molar-refractivity contribution in [3.63, 3.8) is 0 Å². The van der Waals surface area contributed by atoms with Crippen LogP contribution < -0.4 is 0 Å². The Labute approximate surface area is 92.3 Å². The number of thioether (sulfide) groups is 1. The average Bonchev–Trinajstić information content (AvgIpc) is 2.22. The van der Waals surface area contributed by atoms with Crippen LogP contribution in [0.1, 0.15) is 52.9 Å². The minimum absolute atomic E-state index is 0.0536. The van der Waals surface area contributed by atoms with Crippen LogP contribution in [0.25, 0.3) is 0 Å². The first kappa shape index (κ1) is 11.9. The Morgan fingerprint density at radius 3 is 2.50 bits per heavy atom.